The minimum absolute atomic E-state index is 0.272. The van der Waals surface area contributed by atoms with Crippen LogP contribution >= 0.6 is 11.6 Å². The first-order chi connectivity index (χ1) is 5.29. The molecule has 0 N–H and O–H groups in total. The van der Waals surface area contributed by atoms with Crippen LogP contribution in [0.2, 0.25) is 5.15 Å². The van der Waals surface area contributed by atoms with Gasteiger partial charge < -0.3 is 4.52 Å². The van der Waals surface area contributed by atoms with Gasteiger partial charge in [0.05, 0.1) is 5.69 Å². The van der Waals surface area contributed by atoms with E-state index in [0.29, 0.717) is 16.8 Å². The second kappa shape index (κ2) is 2.13. The number of nitrogens with zero attached hydrogens (tertiary/aromatic N) is 4. The molecule has 0 aliphatic heterocycles. The molecule has 0 spiro atoms. The molecular weight excluding hydrogens is 168 g/mol. The summed E-state index contributed by atoms with van der Waals surface area (Å²) in [6.07, 6.45) is 0. The van der Waals surface area contributed by atoms with Crippen molar-refractivity contribution in [2.75, 3.05) is 0 Å². The summed E-state index contributed by atoms with van der Waals surface area (Å²) in [6.45, 7) is 1.76. The largest absolute Gasteiger partial charge is 0.334 e. The highest BCUT2D eigenvalue weighted by Gasteiger charge is 2.10. The van der Waals surface area contributed by atoms with Gasteiger partial charge in [0.1, 0.15) is 5.39 Å². The summed E-state index contributed by atoms with van der Waals surface area (Å²) in [6, 6.07) is 0. The summed E-state index contributed by atoms with van der Waals surface area (Å²) < 4.78 is 4.78. The lowest BCUT2D eigenvalue weighted by atomic mass is 10.3. The summed E-state index contributed by atoms with van der Waals surface area (Å²) in [4.78, 5) is 0. The maximum atomic E-state index is 5.69. The molecule has 0 atom stereocenters. The van der Waals surface area contributed by atoms with Gasteiger partial charge in [0.15, 0.2) is 5.15 Å². The maximum absolute atomic E-state index is 5.69. The maximum Gasteiger partial charge on any atom is 0.281 e. The molecule has 2 aromatic heterocycles. The topological polar surface area (TPSA) is 64.7 Å². The van der Waals surface area contributed by atoms with Crippen LogP contribution in [-0.2, 0) is 0 Å². The zero-order valence-electron chi connectivity index (χ0n) is 5.58. The number of aryl methyl sites for hydroxylation is 1. The number of rotatable bonds is 0. The molecule has 0 unspecified atom stereocenters. The van der Waals surface area contributed by atoms with Gasteiger partial charge >= 0.3 is 0 Å². The molecule has 0 saturated heterocycles. The van der Waals surface area contributed by atoms with Crippen molar-refractivity contribution < 1.29 is 4.52 Å². The fourth-order valence-electron chi connectivity index (χ4n) is 0.816. The Morgan fingerprint density at radius 1 is 1.36 bits per heavy atom. The number of halogens is 1. The fraction of sp³-hybridized carbons (Fsp3) is 0.200. The van der Waals surface area contributed by atoms with Gasteiger partial charge in [-0.2, -0.15) is 0 Å². The monoisotopic (exact) mass is 170 g/mol. The predicted octanol–water partition coefficient (Wildman–Crippen LogP) is 0.975. The molecular formula is C5H3ClN4O. The van der Waals surface area contributed by atoms with Gasteiger partial charge in [0.2, 0.25) is 0 Å². The Bertz CT molecular complexity index is 398. The van der Waals surface area contributed by atoms with Crippen molar-refractivity contribution in [1.29, 1.82) is 0 Å². The van der Waals surface area contributed by atoms with Crippen LogP contribution in [0.5, 0.6) is 0 Å². The highest BCUT2D eigenvalue weighted by Crippen LogP contribution is 2.20. The first kappa shape index (κ1) is 6.48. The van der Waals surface area contributed by atoms with Crippen molar-refractivity contribution in [3.8, 4) is 0 Å². The van der Waals surface area contributed by atoms with Gasteiger partial charge in [-0.1, -0.05) is 21.9 Å². The Kier molecular flexibility index (Phi) is 1.25. The number of hydrogen-bond donors (Lipinski definition) is 0. The molecule has 11 heavy (non-hydrogen) atoms. The standard InChI is InChI=1S/C5H3ClN4O/c1-2-3-4(6)7-10-8-5(3)11-9-2/h1H3. The summed E-state index contributed by atoms with van der Waals surface area (Å²) in [7, 11) is 0. The average Bonchev–Trinajstić information content (AvgIpc) is 2.34. The van der Waals surface area contributed by atoms with E-state index in [4.69, 9.17) is 16.1 Å². The van der Waals surface area contributed by atoms with Crippen molar-refractivity contribution in [2.45, 2.75) is 6.92 Å². The fourth-order valence-corrected chi connectivity index (χ4v) is 1.07. The molecule has 0 bridgehead atoms. The van der Waals surface area contributed by atoms with Gasteiger partial charge in [-0.05, 0) is 12.1 Å². The van der Waals surface area contributed by atoms with E-state index in [1.807, 2.05) is 0 Å². The summed E-state index contributed by atoms with van der Waals surface area (Å²) in [5.74, 6) is 0. The van der Waals surface area contributed by atoms with Crippen LogP contribution in [0.4, 0.5) is 0 Å². The van der Waals surface area contributed by atoms with Crippen LogP contribution in [0.25, 0.3) is 11.1 Å². The van der Waals surface area contributed by atoms with E-state index in [0.717, 1.165) is 0 Å². The Morgan fingerprint density at radius 2 is 2.18 bits per heavy atom. The second-order valence-electron chi connectivity index (χ2n) is 2.03. The minimum atomic E-state index is 0.272. The van der Waals surface area contributed by atoms with Gasteiger partial charge in [-0.3, -0.25) is 0 Å². The third-order valence-electron chi connectivity index (χ3n) is 1.32. The van der Waals surface area contributed by atoms with Gasteiger partial charge in [0, 0.05) is 0 Å². The van der Waals surface area contributed by atoms with E-state index >= 15 is 0 Å². The van der Waals surface area contributed by atoms with Gasteiger partial charge in [0.25, 0.3) is 5.71 Å². The van der Waals surface area contributed by atoms with E-state index < -0.39 is 0 Å². The molecule has 5 nitrogen and oxygen atoms in total. The Balaban J connectivity index is 2.96. The molecule has 0 aliphatic rings. The van der Waals surface area contributed by atoms with E-state index in [1.54, 1.807) is 6.92 Å². The van der Waals surface area contributed by atoms with E-state index in [2.05, 4.69) is 20.6 Å². The molecule has 2 aromatic rings. The molecule has 0 fully saturated rings. The van der Waals surface area contributed by atoms with Crippen LogP contribution in [0.15, 0.2) is 4.52 Å². The van der Waals surface area contributed by atoms with E-state index in [9.17, 15) is 0 Å². The third kappa shape index (κ3) is 0.848. The van der Waals surface area contributed by atoms with Crippen LogP contribution in [0, 0.1) is 6.92 Å². The molecule has 0 radical (unpaired) electrons. The van der Waals surface area contributed by atoms with Crippen LogP contribution in [0.3, 0.4) is 0 Å². The lowest BCUT2D eigenvalue weighted by molar-refractivity contribution is 0.439. The van der Waals surface area contributed by atoms with Crippen molar-refractivity contribution in [3.05, 3.63) is 10.8 Å². The molecule has 0 aliphatic carbocycles. The second-order valence-corrected chi connectivity index (χ2v) is 2.39. The number of aromatic nitrogens is 4. The van der Waals surface area contributed by atoms with Gasteiger partial charge in [-0.15, -0.1) is 5.10 Å². The lowest BCUT2D eigenvalue weighted by Crippen LogP contribution is -1.86. The Labute approximate surface area is 66.3 Å². The van der Waals surface area contributed by atoms with Crippen molar-refractivity contribution in [1.82, 2.24) is 20.6 Å². The highest BCUT2D eigenvalue weighted by atomic mass is 35.5. The average molecular weight is 171 g/mol. The highest BCUT2D eigenvalue weighted by molar-refractivity contribution is 6.33. The number of fused-ring (bicyclic) bond motifs is 1. The summed E-state index contributed by atoms with van der Waals surface area (Å²) in [5.41, 5.74) is 0.995. The van der Waals surface area contributed by atoms with Crippen molar-refractivity contribution in [3.63, 3.8) is 0 Å². The summed E-state index contributed by atoms with van der Waals surface area (Å²) in [5, 5.41) is 15.0. The first-order valence-corrected chi connectivity index (χ1v) is 3.27. The predicted molar refractivity (Wildman–Crippen MR) is 37.1 cm³/mol. The lowest BCUT2D eigenvalue weighted by Gasteiger charge is -1.85. The first-order valence-electron chi connectivity index (χ1n) is 2.90. The molecule has 2 rings (SSSR count). The SMILES string of the molecule is Cc1noc2nnnc(Cl)c12. The number of hydrogen-bond acceptors (Lipinski definition) is 5. The smallest absolute Gasteiger partial charge is 0.281 e. The minimum Gasteiger partial charge on any atom is -0.334 e. The van der Waals surface area contributed by atoms with Crippen LogP contribution in [-0.4, -0.2) is 20.6 Å². The third-order valence-corrected chi connectivity index (χ3v) is 1.58. The van der Waals surface area contributed by atoms with Crippen molar-refractivity contribution >= 4 is 22.7 Å². The quantitative estimate of drug-likeness (QED) is 0.590. The zero-order chi connectivity index (χ0) is 7.84. The Hall–Kier alpha value is -1.23. The van der Waals surface area contributed by atoms with Crippen LogP contribution in [0.1, 0.15) is 5.69 Å². The molecule has 56 valence electrons. The normalized spacial score (nSPS) is 10.7. The summed E-state index contributed by atoms with van der Waals surface area (Å²) >= 11 is 5.69. The van der Waals surface area contributed by atoms with E-state index in [1.165, 1.54) is 0 Å². The molecule has 0 amide bonds. The molecule has 6 heteroatoms. The van der Waals surface area contributed by atoms with Crippen molar-refractivity contribution in [2.24, 2.45) is 0 Å². The molecule has 2 heterocycles. The van der Waals surface area contributed by atoms with Crippen LogP contribution < -0.4 is 0 Å². The van der Waals surface area contributed by atoms with E-state index in [-0.39, 0.29) is 5.15 Å². The van der Waals surface area contributed by atoms with Gasteiger partial charge in [-0.25, -0.2) is 0 Å². The molecule has 0 aromatic carbocycles. The zero-order valence-corrected chi connectivity index (χ0v) is 6.33. The Morgan fingerprint density at radius 3 is 2.91 bits per heavy atom. The molecule has 0 saturated carbocycles.